The number of nitrogens with one attached hydrogen (secondary N) is 1. The van der Waals surface area contributed by atoms with Crippen LogP contribution in [0.2, 0.25) is 39.7 Å². The third-order valence-electron chi connectivity index (χ3n) is 9.96. The lowest BCUT2D eigenvalue weighted by atomic mass is 9.79. The van der Waals surface area contributed by atoms with Gasteiger partial charge in [0.2, 0.25) is 0 Å². The quantitative estimate of drug-likeness (QED) is 0.139. The standard InChI is InChI=1S/C23H22Cl2F5NO3SSi.C13H8Cl2F5NO/c1-13-5-7-14(8-6-13)35(32,33)31-19-12-18(25)17(24)11-16(19)15-9-10-21(26,27)22(20(15)31,23(28,29)30)34-36(2,3)4;14-7-3-6-5-1-2-11(16,17)12(22,13(18,19)20)10(5)21-9(6)4-8(7)15/h5-8,11-12H,9-10H2,1-4H3;3-4,21-22H,1-2H2. The Bertz CT molecular complexity index is 2570. The van der Waals surface area contributed by atoms with Gasteiger partial charge in [-0.05, 0) is 86.9 Å². The number of aromatic amines is 1. The number of alkyl halides is 10. The molecule has 0 aliphatic heterocycles. The van der Waals surface area contributed by atoms with Crippen LogP contribution in [-0.2, 0) is 38.5 Å². The van der Waals surface area contributed by atoms with Crippen molar-refractivity contribution in [2.24, 2.45) is 0 Å². The van der Waals surface area contributed by atoms with Crippen LogP contribution in [0, 0.1) is 6.92 Å². The summed E-state index contributed by atoms with van der Waals surface area (Å²) in [5, 5.41) is 10.0. The predicted molar refractivity (Wildman–Crippen MR) is 203 cm³/mol. The lowest BCUT2D eigenvalue weighted by Crippen LogP contribution is -2.64. The molecule has 0 fully saturated rings. The van der Waals surface area contributed by atoms with Crippen LogP contribution < -0.4 is 0 Å². The van der Waals surface area contributed by atoms with E-state index in [1.165, 1.54) is 62.1 Å². The van der Waals surface area contributed by atoms with E-state index in [0.29, 0.717) is 9.54 Å². The molecule has 0 radical (unpaired) electrons. The van der Waals surface area contributed by atoms with Crippen molar-refractivity contribution in [3.63, 3.8) is 0 Å². The Morgan fingerprint density at radius 2 is 1.26 bits per heavy atom. The van der Waals surface area contributed by atoms with E-state index in [1.54, 1.807) is 6.92 Å². The highest BCUT2D eigenvalue weighted by Gasteiger charge is 2.76. The summed E-state index contributed by atoms with van der Waals surface area (Å²) in [7, 11) is -8.21. The van der Waals surface area contributed by atoms with Crippen LogP contribution in [0.5, 0.6) is 0 Å². The summed E-state index contributed by atoms with van der Waals surface area (Å²) >= 11 is 23.9. The van der Waals surface area contributed by atoms with Crippen LogP contribution in [0.25, 0.3) is 21.8 Å². The van der Waals surface area contributed by atoms with E-state index in [4.69, 9.17) is 50.8 Å². The van der Waals surface area contributed by atoms with Gasteiger partial charge in [0.05, 0.1) is 41.9 Å². The van der Waals surface area contributed by atoms with E-state index in [-0.39, 0.29) is 64.3 Å². The molecule has 2 heterocycles. The second-order valence-corrected chi connectivity index (χ2v) is 22.8. The Hall–Kier alpha value is -2.71. The van der Waals surface area contributed by atoms with Gasteiger partial charge >= 0.3 is 12.4 Å². The molecule has 0 saturated heterocycles. The Balaban J connectivity index is 0.000000220. The second kappa shape index (κ2) is 14.2. The highest BCUT2D eigenvalue weighted by Crippen LogP contribution is 2.61. The zero-order chi connectivity index (χ0) is 43.6. The van der Waals surface area contributed by atoms with E-state index in [1.807, 2.05) is 0 Å². The van der Waals surface area contributed by atoms with Gasteiger partial charge in [-0.2, -0.15) is 26.3 Å². The molecular weight excluding hydrogens is 916 g/mol. The molecule has 58 heavy (non-hydrogen) atoms. The van der Waals surface area contributed by atoms with Crippen LogP contribution >= 0.6 is 46.4 Å². The van der Waals surface area contributed by atoms with Gasteiger partial charge in [0.15, 0.2) is 8.32 Å². The maximum absolute atomic E-state index is 15.7. The normalized spacial score (nSPS) is 22.1. The molecule has 2 aliphatic carbocycles. The average molecular weight is 947 g/mol. The summed E-state index contributed by atoms with van der Waals surface area (Å²) < 4.78 is 177. The zero-order valence-electron chi connectivity index (χ0n) is 30.3. The van der Waals surface area contributed by atoms with Crippen LogP contribution in [-0.4, -0.2) is 55.0 Å². The molecule has 316 valence electrons. The lowest BCUT2D eigenvalue weighted by Gasteiger charge is -2.47. The summed E-state index contributed by atoms with van der Waals surface area (Å²) in [6, 6.07) is 10.2. The summed E-state index contributed by atoms with van der Waals surface area (Å²) in [6.07, 6.45) is -14.4. The SMILES string of the molecule is Cc1ccc(S(=O)(=O)n2c3c(c4cc(Cl)c(Cl)cc42)CCC(F)(F)C3(O[Si](C)(C)C)C(F)(F)F)cc1.OC1(C(F)(F)F)c2[nH]c3cc(Cl)c(Cl)cc3c2CCC1(F)F. The zero-order valence-corrected chi connectivity index (χ0v) is 35.1. The van der Waals surface area contributed by atoms with Gasteiger partial charge in [-0.25, -0.2) is 30.0 Å². The van der Waals surface area contributed by atoms with Crippen molar-refractivity contribution < 1.29 is 61.9 Å². The number of benzene rings is 3. The third-order valence-corrected chi connectivity index (χ3v) is 14.1. The largest absolute Gasteiger partial charge is 0.429 e. The van der Waals surface area contributed by atoms with Gasteiger partial charge < -0.3 is 14.5 Å². The molecule has 0 bridgehead atoms. The molecule has 0 spiro atoms. The number of hydrogen-bond acceptors (Lipinski definition) is 4. The van der Waals surface area contributed by atoms with Gasteiger partial charge in [0.25, 0.3) is 33.1 Å². The minimum atomic E-state index is -5.67. The fourth-order valence-electron chi connectivity index (χ4n) is 7.41. The van der Waals surface area contributed by atoms with Crippen LogP contribution in [0.4, 0.5) is 43.9 Å². The Morgan fingerprint density at radius 3 is 1.79 bits per heavy atom. The van der Waals surface area contributed by atoms with Crippen LogP contribution in [0.15, 0.2) is 53.4 Å². The second-order valence-electron chi connectivity index (χ2n) is 15.0. The number of hydrogen-bond donors (Lipinski definition) is 2. The van der Waals surface area contributed by atoms with Crippen molar-refractivity contribution in [1.29, 1.82) is 0 Å². The molecule has 7 rings (SSSR count). The minimum Gasteiger partial charge on any atom is -0.395 e. The summed E-state index contributed by atoms with van der Waals surface area (Å²) in [5.74, 6) is -8.81. The molecule has 6 nitrogen and oxygen atoms in total. The first-order valence-electron chi connectivity index (χ1n) is 17.0. The molecule has 0 saturated carbocycles. The van der Waals surface area contributed by atoms with E-state index in [2.05, 4.69) is 4.98 Å². The molecule has 2 N–H and O–H groups in total. The highest BCUT2D eigenvalue weighted by molar-refractivity contribution is 7.90. The lowest BCUT2D eigenvalue weighted by molar-refractivity contribution is -0.345. The number of aliphatic hydroxyl groups is 1. The van der Waals surface area contributed by atoms with Crippen molar-refractivity contribution in [2.75, 3.05) is 0 Å². The molecule has 22 heteroatoms. The molecule has 2 atom stereocenters. The van der Waals surface area contributed by atoms with Gasteiger partial charge in [-0.1, -0.05) is 64.1 Å². The minimum absolute atomic E-state index is 0.0154. The van der Waals surface area contributed by atoms with E-state index in [9.17, 15) is 48.6 Å². The van der Waals surface area contributed by atoms with Gasteiger partial charge in [0, 0.05) is 29.1 Å². The number of nitrogens with zero attached hydrogens (tertiary/aromatic N) is 1. The molecular formula is C36H30Cl4F10N2O4SSi. The van der Waals surface area contributed by atoms with Crippen LogP contribution in [0.1, 0.15) is 40.9 Å². The number of fused-ring (bicyclic) bond motifs is 6. The summed E-state index contributed by atoms with van der Waals surface area (Å²) in [4.78, 5) is 1.87. The van der Waals surface area contributed by atoms with E-state index < -0.39 is 84.4 Å². The smallest absolute Gasteiger partial charge is 0.395 e. The number of halogens is 14. The summed E-state index contributed by atoms with van der Waals surface area (Å²) in [6.45, 7) is 5.70. The first kappa shape index (κ1) is 44.8. The Kier molecular flexibility index (Phi) is 11.0. The van der Waals surface area contributed by atoms with E-state index in [0.717, 1.165) is 6.07 Å². The average Bonchev–Trinajstić information content (AvgIpc) is 3.59. The van der Waals surface area contributed by atoms with Gasteiger partial charge in [-0.15, -0.1) is 0 Å². The summed E-state index contributed by atoms with van der Waals surface area (Å²) in [5.41, 5.74) is -10.3. The Labute approximate surface area is 345 Å². The topological polar surface area (TPSA) is 84.3 Å². The third kappa shape index (κ3) is 6.90. The number of rotatable bonds is 4. The molecule has 5 aromatic rings. The fourth-order valence-corrected chi connectivity index (χ4v) is 10.9. The molecule has 2 aromatic heterocycles. The van der Waals surface area contributed by atoms with Gasteiger partial charge in [-0.3, -0.25) is 0 Å². The van der Waals surface area contributed by atoms with Crippen molar-refractivity contribution in [2.45, 2.75) is 92.5 Å². The number of aryl methyl sites for hydroxylation is 3. The first-order valence-corrected chi connectivity index (χ1v) is 23.4. The number of aromatic nitrogens is 2. The van der Waals surface area contributed by atoms with Crippen molar-refractivity contribution >= 4 is 86.6 Å². The van der Waals surface area contributed by atoms with Crippen molar-refractivity contribution in [3.05, 3.63) is 96.7 Å². The first-order chi connectivity index (χ1) is 26.3. The van der Waals surface area contributed by atoms with Crippen molar-refractivity contribution in [3.8, 4) is 0 Å². The molecule has 2 aliphatic rings. The van der Waals surface area contributed by atoms with E-state index >= 15 is 8.78 Å². The maximum Gasteiger partial charge on any atom is 0.429 e. The molecule has 3 aromatic carbocycles. The predicted octanol–water partition coefficient (Wildman–Crippen LogP) is 12.5. The maximum atomic E-state index is 15.7. The number of H-pyrrole nitrogens is 1. The van der Waals surface area contributed by atoms with Crippen LogP contribution in [0.3, 0.4) is 0 Å². The highest BCUT2D eigenvalue weighted by atomic mass is 35.5. The Morgan fingerprint density at radius 1 is 0.759 bits per heavy atom. The monoisotopic (exact) mass is 944 g/mol. The fraction of sp³-hybridized carbons (Fsp3) is 0.389. The van der Waals surface area contributed by atoms with Gasteiger partial charge in [0.1, 0.15) is 0 Å². The van der Waals surface area contributed by atoms with Crippen molar-refractivity contribution in [1.82, 2.24) is 8.96 Å². The molecule has 0 amide bonds. The molecule has 2 unspecified atom stereocenters.